The number of esters is 1. The molecule has 5 atom stereocenters. The number of nitro benzene ring substituents is 1. The van der Waals surface area contributed by atoms with E-state index >= 15 is 0 Å². The van der Waals surface area contributed by atoms with Crippen molar-refractivity contribution in [2.24, 2.45) is 22.7 Å². The number of benzene rings is 2. The Morgan fingerprint density at radius 2 is 1.56 bits per heavy atom. The summed E-state index contributed by atoms with van der Waals surface area (Å²) in [5, 5.41) is 11.2. The molecule has 1 aliphatic heterocycles. The Balaban J connectivity index is 0.000000459. The molecule has 0 spiro atoms. The molecular formula is C50H59ClF6N4O15S. The first kappa shape index (κ1) is 61.6. The third-order valence-corrected chi connectivity index (χ3v) is 14.5. The number of para-hydroxylation sites is 1. The lowest BCUT2D eigenvalue weighted by Crippen LogP contribution is -2.49. The molecule has 19 nitrogen and oxygen atoms in total. The number of nitrogens with zero attached hydrogens (tertiary/aromatic N) is 3. The van der Waals surface area contributed by atoms with Gasteiger partial charge in [0.25, 0.3) is 5.69 Å². The van der Waals surface area contributed by atoms with Crippen LogP contribution in [0.3, 0.4) is 0 Å². The first-order valence-electron chi connectivity index (χ1n) is 23.9. The molecule has 1 aromatic heterocycles. The molecule has 77 heavy (non-hydrogen) atoms. The van der Waals surface area contributed by atoms with Crippen LogP contribution in [0, 0.1) is 32.8 Å². The van der Waals surface area contributed by atoms with E-state index in [9.17, 15) is 68.8 Å². The molecule has 0 bridgehead atoms. The third-order valence-electron chi connectivity index (χ3n) is 13.1. The number of hydrogen-bond donors (Lipinski definition) is 1. The summed E-state index contributed by atoms with van der Waals surface area (Å²) in [7, 11) is -4.53. The van der Waals surface area contributed by atoms with Crippen molar-refractivity contribution in [2.45, 2.75) is 142 Å². The van der Waals surface area contributed by atoms with Crippen molar-refractivity contribution >= 4 is 68.2 Å². The van der Waals surface area contributed by atoms with Crippen LogP contribution in [0.5, 0.6) is 17.4 Å². The van der Waals surface area contributed by atoms with E-state index in [2.05, 4.69) is 21.0 Å². The Hall–Kier alpha value is -6.28. The summed E-state index contributed by atoms with van der Waals surface area (Å²) in [5.74, 6) is -5.09. The minimum absolute atomic E-state index is 0.0941. The SMILES string of the molecule is C=C[C@@H]1C[C@]1(CC(=O)[C@@H]1C[C@@H](Oc2cc(OCC)nc3c(Cl)cccc23)CN1C(=O)[C@@H](CC(=O)OC(C)(C)C(F)(F)F)C(C)(C)C)C(=O)NS(=O)(=O)OC1(C)CC1.CC(C)(OC(=O)Oc1ccc([N+](=O)[O-])cc1)C(F)(F)F. The van der Waals surface area contributed by atoms with Gasteiger partial charge in [0, 0.05) is 36.4 Å². The number of halogens is 7. The Bertz CT molecular complexity index is 2870. The van der Waals surface area contributed by atoms with Gasteiger partial charge in [0.1, 0.15) is 17.6 Å². The summed E-state index contributed by atoms with van der Waals surface area (Å²) in [6.07, 6.45) is -10.9. The molecule has 1 saturated heterocycles. The second-order valence-electron chi connectivity index (χ2n) is 21.1. The van der Waals surface area contributed by atoms with Crippen molar-refractivity contribution < 1.29 is 91.5 Å². The van der Waals surface area contributed by atoms with E-state index in [1.54, 1.807) is 58.9 Å². The fourth-order valence-electron chi connectivity index (χ4n) is 8.00. The molecule has 2 heterocycles. The molecule has 0 radical (unpaired) electrons. The van der Waals surface area contributed by atoms with E-state index in [0.29, 0.717) is 56.5 Å². The number of carbonyl (C=O) groups excluding carboxylic acids is 5. The number of nitro groups is 1. The van der Waals surface area contributed by atoms with Gasteiger partial charge < -0.3 is 28.6 Å². The van der Waals surface area contributed by atoms with Crippen LogP contribution >= 0.6 is 11.6 Å². The monoisotopic (exact) mass is 1140 g/mol. The summed E-state index contributed by atoms with van der Waals surface area (Å²) in [4.78, 5) is 82.4. The lowest BCUT2D eigenvalue weighted by molar-refractivity contribution is -0.384. The molecule has 2 aromatic carbocycles. The Morgan fingerprint density at radius 1 is 0.961 bits per heavy atom. The van der Waals surface area contributed by atoms with E-state index in [0.717, 1.165) is 24.3 Å². The molecule has 2 saturated carbocycles. The topological polar surface area (TPSA) is 246 Å². The third kappa shape index (κ3) is 15.3. The quantitative estimate of drug-likeness (QED) is 0.0293. The molecule has 424 valence electrons. The van der Waals surface area contributed by atoms with Crippen LogP contribution < -0.4 is 18.9 Å². The van der Waals surface area contributed by atoms with Crippen molar-refractivity contribution in [3.8, 4) is 17.4 Å². The largest absolute Gasteiger partial charge is 0.514 e. The predicted octanol–water partition coefficient (Wildman–Crippen LogP) is 10.1. The second kappa shape index (κ2) is 22.6. The molecule has 2 aliphatic carbocycles. The number of fused-ring (bicyclic) bond motifs is 1. The Labute approximate surface area is 444 Å². The number of likely N-dealkylation sites (tertiary alicyclic amines) is 1. The highest BCUT2D eigenvalue weighted by molar-refractivity contribution is 7.85. The number of pyridine rings is 1. The van der Waals surface area contributed by atoms with E-state index in [1.807, 2.05) is 4.72 Å². The number of ether oxygens (including phenoxy) is 5. The molecule has 2 amide bonds. The van der Waals surface area contributed by atoms with Crippen LogP contribution in [0.25, 0.3) is 10.9 Å². The van der Waals surface area contributed by atoms with Gasteiger partial charge in [-0.1, -0.05) is 44.5 Å². The molecule has 3 aromatic rings. The lowest BCUT2D eigenvalue weighted by atomic mass is 9.77. The molecular weight excluding hydrogens is 1080 g/mol. The molecule has 3 fully saturated rings. The predicted molar refractivity (Wildman–Crippen MR) is 263 cm³/mol. The summed E-state index contributed by atoms with van der Waals surface area (Å²) < 4.78 is 137. The normalized spacial score (nSPS) is 20.6. The number of non-ortho nitro benzene ring substituents is 1. The summed E-state index contributed by atoms with van der Waals surface area (Å²) in [6.45, 7) is 14.8. The minimum atomic E-state index is -4.89. The Kier molecular flexibility index (Phi) is 18.1. The van der Waals surface area contributed by atoms with Gasteiger partial charge in [0.15, 0.2) is 5.78 Å². The zero-order valence-corrected chi connectivity index (χ0v) is 45.0. The number of hydrogen-bond acceptors (Lipinski definition) is 16. The highest BCUT2D eigenvalue weighted by atomic mass is 35.5. The maximum absolute atomic E-state index is 14.6. The first-order valence-corrected chi connectivity index (χ1v) is 25.7. The minimum Gasteiger partial charge on any atom is -0.488 e. The number of Topliss-reactive ketones (excluding diaryl/α,β-unsaturated/α-hetero) is 1. The number of carbonyl (C=O) groups is 5. The standard InChI is InChI=1S/C39H49ClF3N3O10S.C11H10F3NO5/c1-9-22-19-38(22,34(50)45-57(51,52)56-37(8)14-15-37)20-28(47)27-16-23(54-29-18-30(53-10-2)44-32-24(29)12-11-13-26(32)40)21-46(27)33(49)25(35(3,4)5)17-31(48)55-36(6,7)39(41,42)43;1-10(2,11(12,13)14)20-9(16)19-8-5-3-7(4-6-8)15(17)18/h9,11-13,18,22-23,25,27H,1,10,14-17,19-21H2,2-8H3,(H,45,50);3-6H,1-2H3/t22-,23-,25-,27+,38-;/m1./s1. The molecule has 1 N–H and O–H groups in total. The van der Waals surface area contributed by atoms with Gasteiger partial charge in [-0.05, 0) is 96.4 Å². The number of allylic oxidation sites excluding steroid dienone is 1. The van der Waals surface area contributed by atoms with Crippen molar-refractivity contribution in [3.63, 3.8) is 0 Å². The number of aromatic nitrogens is 1. The van der Waals surface area contributed by atoms with Gasteiger partial charge in [0.2, 0.25) is 28.9 Å². The second-order valence-corrected chi connectivity index (χ2v) is 22.8. The average Bonchev–Trinajstić information content (AvgIpc) is 4.15. The van der Waals surface area contributed by atoms with Crippen LogP contribution in [0.15, 0.2) is 61.2 Å². The lowest BCUT2D eigenvalue weighted by Gasteiger charge is -2.35. The fourth-order valence-corrected chi connectivity index (χ4v) is 9.39. The van der Waals surface area contributed by atoms with Crippen molar-refractivity contribution in [3.05, 3.63) is 76.3 Å². The smallest absolute Gasteiger partial charge is 0.488 e. The maximum Gasteiger partial charge on any atom is 0.514 e. The summed E-state index contributed by atoms with van der Waals surface area (Å²) >= 11 is 6.47. The first-order chi connectivity index (χ1) is 35.3. The Morgan fingerprint density at radius 3 is 2.08 bits per heavy atom. The van der Waals surface area contributed by atoms with Crippen LogP contribution in [-0.4, -0.2) is 107 Å². The van der Waals surface area contributed by atoms with Gasteiger partial charge in [-0.25, -0.2) is 18.7 Å². The van der Waals surface area contributed by atoms with Gasteiger partial charge >= 0.3 is 34.8 Å². The van der Waals surface area contributed by atoms with E-state index in [4.69, 9.17) is 30.0 Å². The number of rotatable bonds is 19. The van der Waals surface area contributed by atoms with Crippen molar-refractivity contribution in [2.75, 3.05) is 13.2 Å². The fraction of sp³-hybridized carbons (Fsp3) is 0.560. The van der Waals surface area contributed by atoms with Gasteiger partial charge in [-0.2, -0.15) is 34.8 Å². The van der Waals surface area contributed by atoms with Gasteiger partial charge in [-0.3, -0.25) is 29.3 Å². The number of nitrogens with one attached hydrogen (secondary N) is 1. The van der Waals surface area contributed by atoms with Crippen molar-refractivity contribution in [1.82, 2.24) is 14.6 Å². The highest BCUT2D eigenvalue weighted by Crippen LogP contribution is 2.57. The number of alkyl halides is 6. The van der Waals surface area contributed by atoms with Gasteiger partial charge in [0.05, 0.1) is 58.0 Å². The molecule has 6 rings (SSSR count). The molecule has 0 unspecified atom stereocenters. The zero-order valence-electron chi connectivity index (χ0n) is 43.4. The highest BCUT2D eigenvalue weighted by Gasteiger charge is 2.62. The van der Waals surface area contributed by atoms with Crippen LogP contribution in [0.4, 0.5) is 36.8 Å². The van der Waals surface area contributed by atoms with Crippen LogP contribution in [-0.2, 0) is 43.1 Å². The molecule has 27 heteroatoms. The van der Waals surface area contributed by atoms with Crippen LogP contribution in [0.1, 0.15) is 101 Å². The van der Waals surface area contributed by atoms with E-state index in [1.165, 1.54) is 11.0 Å². The summed E-state index contributed by atoms with van der Waals surface area (Å²) in [6, 6.07) is 9.55. The summed E-state index contributed by atoms with van der Waals surface area (Å²) in [5.41, 5.74) is -8.89. The van der Waals surface area contributed by atoms with Crippen molar-refractivity contribution in [1.29, 1.82) is 0 Å². The zero-order chi connectivity index (χ0) is 58.1. The number of ketones is 1. The maximum atomic E-state index is 14.6. The van der Waals surface area contributed by atoms with Crippen LogP contribution in [0.2, 0.25) is 5.02 Å². The van der Waals surface area contributed by atoms with Gasteiger partial charge in [-0.15, -0.1) is 6.58 Å². The van der Waals surface area contributed by atoms with E-state index < -0.39 is 122 Å². The number of amides is 2. The van der Waals surface area contributed by atoms with E-state index in [-0.39, 0.29) is 49.1 Å². The average molecular weight is 1140 g/mol. The molecule has 3 aliphatic rings.